The second-order valence-electron chi connectivity index (χ2n) is 16.2. The van der Waals surface area contributed by atoms with E-state index < -0.39 is 7.25 Å². The van der Waals surface area contributed by atoms with Gasteiger partial charge in [-0.2, -0.15) is 0 Å². The highest BCUT2D eigenvalue weighted by molar-refractivity contribution is 7.59. The highest BCUT2D eigenvalue weighted by Gasteiger charge is 2.20. The zero-order valence-electron chi connectivity index (χ0n) is 36.5. The molecule has 0 aliphatic carbocycles. The molecular weight excluding hydrogens is 751 g/mol. The van der Waals surface area contributed by atoms with Crippen LogP contribution in [-0.4, -0.2) is 20.5 Å². The molecule has 8 heteroatoms. The Balaban J connectivity index is 0.00000218. The van der Waals surface area contributed by atoms with E-state index in [1.807, 2.05) is 0 Å². The molecule has 0 saturated heterocycles. The second-order valence-corrected chi connectivity index (χ2v) is 16.7. The monoisotopic (exact) mass is 831 g/mol. The van der Waals surface area contributed by atoms with E-state index in [1.165, 1.54) is 189 Å². The molecule has 0 spiro atoms. The number of benzene rings is 3. The van der Waals surface area contributed by atoms with E-state index in [-0.39, 0.29) is 0 Å². The summed E-state index contributed by atoms with van der Waals surface area (Å²) < 4.78 is 51.3. The Kier molecular flexibility index (Phi) is 30.3. The van der Waals surface area contributed by atoms with Gasteiger partial charge in [0.15, 0.2) is 4.90 Å². The van der Waals surface area contributed by atoms with E-state index in [0.717, 1.165) is 42.4 Å². The van der Waals surface area contributed by atoms with Crippen molar-refractivity contribution in [2.75, 3.05) is 13.2 Å². The van der Waals surface area contributed by atoms with Crippen LogP contribution in [0.15, 0.2) is 71.6 Å². The predicted octanol–water partition coefficient (Wildman–Crippen LogP) is 17.4. The molecule has 328 valence electrons. The quantitative estimate of drug-likeness (QED) is 0.0258. The molecule has 0 bridgehead atoms. The van der Waals surface area contributed by atoms with Crippen LogP contribution in [0.3, 0.4) is 0 Å². The number of hydrogen-bond donors (Lipinski definition) is 0. The molecule has 0 aromatic heterocycles. The van der Waals surface area contributed by atoms with E-state index >= 15 is 0 Å². The number of halogens is 4. The SMILES string of the molecule is CCCCCCCCCCCCCCCCOc1ccc(-c2cccc([SH2+])c2-c2ccc(OCCCCCCCCCCCCCCCC)cc2)cc1.F[B-](F)(F)F. The molecule has 0 saturated carbocycles. The maximum atomic E-state index is 9.75. The van der Waals surface area contributed by atoms with Crippen LogP contribution in [0.25, 0.3) is 22.3 Å². The van der Waals surface area contributed by atoms with Crippen LogP contribution >= 0.6 is 0 Å². The van der Waals surface area contributed by atoms with Gasteiger partial charge in [-0.05, 0) is 72.5 Å². The fourth-order valence-electron chi connectivity index (χ4n) is 7.53. The largest absolute Gasteiger partial charge is 0.673 e. The van der Waals surface area contributed by atoms with Gasteiger partial charge in [0.1, 0.15) is 11.5 Å². The Bertz CT molecular complexity index is 1380. The minimum atomic E-state index is -6.00. The molecule has 0 aliphatic rings. The molecule has 0 heterocycles. The fourth-order valence-corrected chi connectivity index (χ4v) is 7.90. The molecule has 0 aliphatic heterocycles. The third-order valence-electron chi connectivity index (χ3n) is 10.9. The van der Waals surface area contributed by atoms with Crippen LogP contribution in [0.5, 0.6) is 11.5 Å². The van der Waals surface area contributed by atoms with E-state index in [9.17, 15) is 17.3 Å². The standard InChI is InChI=1S/C50H78O2S.BF4/c1-3-5-7-9-11-13-15-17-19-21-23-25-27-29-42-51-46-38-34-44(35-39-46)48-32-31-33-49(53)50(48)45-36-40-47(41-37-45)52-43-30-28-26-24-22-20-18-16-14-12-10-8-6-4-2;2-1(3,4)5/h31-41,53H,3-30,42-43H2,1-2H3;/q;-1/p+1. The first-order chi connectivity index (χ1) is 28.2. The Morgan fingerprint density at radius 2 is 0.690 bits per heavy atom. The lowest BCUT2D eigenvalue weighted by atomic mass is 9.94. The van der Waals surface area contributed by atoms with Crippen LogP contribution in [0.1, 0.15) is 194 Å². The molecule has 0 unspecified atom stereocenters. The van der Waals surface area contributed by atoms with Crippen molar-refractivity contribution in [3.05, 3.63) is 66.7 Å². The van der Waals surface area contributed by atoms with Crippen LogP contribution in [-0.2, 0) is 12.6 Å². The number of hydrogen-bond acceptors (Lipinski definition) is 2. The summed E-state index contributed by atoms with van der Waals surface area (Å²) in [4.78, 5) is 1.09. The van der Waals surface area contributed by atoms with E-state index in [1.54, 1.807) is 0 Å². The minimum absolute atomic E-state index is 0.797. The smallest absolute Gasteiger partial charge is 0.494 e. The van der Waals surface area contributed by atoms with Crippen molar-refractivity contribution in [1.82, 2.24) is 0 Å². The summed E-state index contributed by atoms with van der Waals surface area (Å²) in [5, 5.41) is 0. The van der Waals surface area contributed by atoms with E-state index in [0.29, 0.717) is 0 Å². The Morgan fingerprint density at radius 1 is 0.397 bits per heavy atom. The van der Waals surface area contributed by atoms with Gasteiger partial charge in [0.25, 0.3) is 0 Å². The summed E-state index contributed by atoms with van der Waals surface area (Å²) in [5.74, 6) is 1.91. The molecule has 0 atom stereocenters. The van der Waals surface area contributed by atoms with Gasteiger partial charge in [-0.3, -0.25) is 0 Å². The lowest BCUT2D eigenvalue weighted by Crippen LogP contribution is -2.02. The molecule has 0 N–H and O–H groups in total. The highest BCUT2D eigenvalue weighted by atomic mass is 32.1. The van der Waals surface area contributed by atoms with Gasteiger partial charge >= 0.3 is 7.25 Å². The lowest BCUT2D eigenvalue weighted by molar-refractivity contribution is 0.304. The number of ether oxygens (including phenoxy) is 2. The molecular formula is C50H79BF4O2S. The van der Waals surface area contributed by atoms with Crippen molar-refractivity contribution in [2.45, 2.75) is 199 Å². The minimum Gasteiger partial charge on any atom is -0.494 e. The summed E-state index contributed by atoms with van der Waals surface area (Å²) in [5.41, 5.74) is 4.81. The van der Waals surface area contributed by atoms with Crippen molar-refractivity contribution in [3.8, 4) is 33.8 Å². The van der Waals surface area contributed by atoms with Gasteiger partial charge in [0.2, 0.25) is 0 Å². The molecule has 2 nitrogen and oxygen atoms in total. The topological polar surface area (TPSA) is 18.5 Å². The molecule has 3 aromatic carbocycles. The zero-order valence-corrected chi connectivity index (χ0v) is 37.5. The third-order valence-corrected chi connectivity index (χ3v) is 11.3. The molecule has 58 heavy (non-hydrogen) atoms. The van der Waals surface area contributed by atoms with Crippen molar-refractivity contribution >= 4 is 19.9 Å². The first kappa shape index (κ1) is 51.5. The van der Waals surface area contributed by atoms with Gasteiger partial charge in [0, 0.05) is 5.56 Å². The summed E-state index contributed by atoms with van der Waals surface area (Å²) in [6.07, 6.45) is 38.6. The zero-order chi connectivity index (χ0) is 41.9. The van der Waals surface area contributed by atoms with Crippen molar-refractivity contribution in [3.63, 3.8) is 0 Å². The van der Waals surface area contributed by atoms with E-state index in [2.05, 4.69) is 93.2 Å². The summed E-state index contributed by atoms with van der Waals surface area (Å²) in [6.45, 7) is 6.18. The van der Waals surface area contributed by atoms with Crippen molar-refractivity contribution < 1.29 is 26.7 Å². The highest BCUT2D eigenvalue weighted by Crippen LogP contribution is 2.36. The average Bonchev–Trinajstić information content (AvgIpc) is 3.20. The van der Waals surface area contributed by atoms with E-state index in [4.69, 9.17) is 9.47 Å². The van der Waals surface area contributed by atoms with Crippen LogP contribution < -0.4 is 9.47 Å². The first-order valence-electron chi connectivity index (χ1n) is 23.4. The van der Waals surface area contributed by atoms with Gasteiger partial charge in [-0.25, -0.2) is 0 Å². The van der Waals surface area contributed by atoms with Gasteiger partial charge in [0.05, 0.1) is 13.2 Å². The lowest BCUT2D eigenvalue weighted by Gasteiger charge is -2.13. The Labute approximate surface area is 357 Å². The molecule has 0 fully saturated rings. The Morgan fingerprint density at radius 3 is 1.02 bits per heavy atom. The molecule has 3 aromatic rings. The summed E-state index contributed by atoms with van der Waals surface area (Å²) in [6, 6.07) is 23.7. The number of unbranched alkanes of at least 4 members (excludes halogenated alkanes) is 26. The van der Waals surface area contributed by atoms with Gasteiger partial charge in [-0.15, -0.1) is 0 Å². The summed E-state index contributed by atoms with van der Waals surface area (Å²) in [7, 11) is -6.00. The summed E-state index contributed by atoms with van der Waals surface area (Å²) >= 11 is 3.91. The first-order valence-corrected chi connectivity index (χ1v) is 23.9. The fraction of sp³-hybridized carbons (Fsp3) is 0.640. The molecule has 3 rings (SSSR count). The van der Waals surface area contributed by atoms with Crippen LogP contribution in [0.2, 0.25) is 0 Å². The molecule has 0 radical (unpaired) electrons. The molecule has 0 amide bonds. The normalized spacial score (nSPS) is 11.4. The van der Waals surface area contributed by atoms with Crippen LogP contribution in [0, 0.1) is 0 Å². The van der Waals surface area contributed by atoms with Crippen molar-refractivity contribution in [2.24, 2.45) is 0 Å². The average molecular weight is 831 g/mol. The van der Waals surface area contributed by atoms with Crippen LogP contribution in [0.4, 0.5) is 17.3 Å². The second kappa shape index (κ2) is 34.1. The number of rotatable bonds is 34. The Hall–Kier alpha value is -2.61. The van der Waals surface area contributed by atoms with Gasteiger partial charge in [-0.1, -0.05) is 217 Å². The maximum absolute atomic E-state index is 9.75. The third kappa shape index (κ3) is 27.2. The predicted molar refractivity (Wildman–Crippen MR) is 248 cm³/mol. The van der Waals surface area contributed by atoms with Crippen molar-refractivity contribution in [1.29, 1.82) is 0 Å². The van der Waals surface area contributed by atoms with Gasteiger partial charge < -0.3 is 26.7 Å². The maximum Gasteiger partial charge on any atom is 0.673 e.